The van der Waals surface area contributed by atoms with Crippen LogP contribution in [0.25, 0.3) is 22.4 Å². The van der Waals surface area contributed by atoms with E-state index in [2.05, 4.69) is 9.97 Å². The summed E-state index contributed by atoms with van der Waals surface area (Å²) in [7, 11) is 0. The highest BCUT2D eigenvalue weighted by molar-refractivity contribution is 5.80. The van der Waals surface area contributed by atoms with Gasteiger partial charge in [-0.25, -0.2) is 4.98 Å². The van der Waals surface area contributed by atoms with E-state index in [4.69, 9.17) is 0 Å². The summed E-state index contributed by atoms with van der Waals surface area (Å²) < 4.78 is 0. The summed E-state index contributed by atoms with van der Waals surface area (Å²) in [6.07, 6.45) is 0. The van der Waals surface area contributed by atoms with Crippen molar-refractivity contribution >= 4 is 11.0 Å². The number of phenols is 2. The van der Waals surface area contributed by atoms with Crippen LogP contribution in [0.5, 0.6) is 11.5 Å². The number of hydrogen-bond acceptors (Lipinski definition) is 3. The molecule has 0 saturated carbocycles. The number of aromatic amines is 1. The zero-order chi connectivity index (χ0) is 14.3. The summed E-state index contributed by atoms with van der Waals surface area (Å²) in [5, 5.41) is 20.2. The van der Waals surface area contributed by atoms with Crippen LogP contribution in [0.4, 0.5) is 0 Å². The molecule has 0 spiro atoms. The number of para-hydroxylation sites is 2. The molecule has 0 aliphatic heterocycles. The molecule has 20 heavy (non-hydrogen) atoms. The van der Waals surface area contributed by atoms with E-state index < -0.39 is 0 Å². The molecule has 3 N–H and O–H groups in total. The van der Waals surface area contributed by atoms with Crippen molar-refractivity contribution in [1.82, 2.24) is 9.97 Å². The highest BCUT2D eigenvalue weighted by Gasteiger charge is 2.15. The Kier molecular flexibility index (Phi) is 2.86. The van der Waals surface area contributed by atoms with Crippen molar-refractivity contribution in [2.24, 2.45) is 0 Å². The maximum absolute atomic E-state index is 10.1. The second-order valence-electron chi connectivity index (χ2n) is 5.19. The molecular weight excluding hydrogens is 252 g/mol. The van der Waals surface area contributed by atoms with Gasteiger partial charge in [-0.05, 0) is 30.2 Å². The predicted octanol–water partition coefficient (Wildman–Crippen LogP) is 3.76. The summed E-state index contributed by atoms with van der Waals surface area (Å²) in [6.45, 7) is 3.85. The lowest BCUT2D eigenvalue weighted by molar-refractivity contribution is 0.434. The normalized spacial score (nSPS) is 11.3. The third kappa shape index (κ3) is 1.99. The van der Waals surface area contributed by atoms with E-state index in [9.17, 15) is 10.2 Å². The Morgan fingerprint density at radius 2 is 1.70 bits per heavy atom. The van der Waals surface area contributed by atoms with E-state index in [0.717, 1.165) is 11.0 Å². The topological polar surface area (TPSA) is 69.1 Å². The van der Waals surface area contributed by atoms with Gasteiger partial charge in [0.25, 0.3) is 0 Å². The molecule has 4 nitrogen and oxygen atoms in total. The van der Waals surface area contributed by atoms with Gasteiger partial charge in [-0.2, -0.15) is 0 Å². The fourth-order valence-corrected chi connectivity index (χ4v) is 2.44. The fraction of sp³-hybridized carbons (Fsp3) is 0.188. The average Bonchev–Trinajstić information content (AvgIpc) is 2.81. The number of aromatic hydroxyl groups is 2. The first-order valence-electron chi connectivity index (χ1n) is 6.57. The van der Waals surface area contributed by atoms with Crippen molar-refractivity contribution in [2.75, 3.05) is 0 Å². The minimum atomic E-state index is 0.0553. The summed E-state index contributed by atoms with van der Waals surface area (Å²) in [6, 6.07) is 11.0. The van der Waals surface area contributed by atoms with Gasteiger partial charge in [-0.15, -0.1) is 0 Å². The smallest absolute Gasteiger partial charge is 0.138 e. The zero-order valence-electron chi connectivity index (χ0n) is 11.4. The Morgan fingerprint density at radius 3 is 2.30 bits per heavy atom. The number of fused-ring (bicyclic) bond motifs is 1. The number of imidazole rings is 1. The maximum Gasteiger partial charge on any atom is 0.138 e. The van der Waals surface area contributed by atoms with Crippen LogP contribution in [0, 0.1) is 0 Å². The minimum Gasteiger partial charge on any atom is -0.507 e. The van der Waals surface area contributed by atoms with Gasteiger partial charge in [0.15, 0.2) is 0 Å². The first kappa shape index (κ1) is 12.5. The first-order chi connectivity index (χ1) is 9.56. The Hall–Kier alpha value is -2.49. The van der Waals surface area contributed by atoms with Crippen LogP contribution < -0.4 is 0 Å². The molecule has 0 aliphatic rings. The molecule has 0 unspecified atom stereocenters. The molecule has 0 atom stereocenters. The first-order valence-corrected chi connectivity index (χ1v) is 6.57. The second-order valence-corrected chi connectivity index (χ2v) is 5.19. The van der Waals surface area contributed by atoms with E-state index in [1.54, 1.807) is 12.1 Å². The fourth-order valence-electron chi connectivity index (χ4n) is 2.44. The van der Waals surface area contributed by atoms with Gasteiger partial charge < -0.3 is 15.2 Å². The van der Waals surface area contributed by atoms with E-state index in [1.165, 1.54) is 0 Å². The van der Waals surface area contributed by atoms with Gasteiger partial charge in [0.1, 0.15) is 17.3 Å². The van der Waals surface area contributed by atoms with Crippen molar-refractivity contribution in [3.63, 3.8) is 0 Å². The molecule has 2 aromatic carbocycles. The number of rotatable bonds is 2. The van der Waals surface area contributed by atoms with Crippen LogP contribution in [-0.4, -0.2) is 20.2 Å². The minimum absolute atomic E-state index is 0.0553. The number of benzene rings is 2. The quantitative estimate of drug-likeness (QED) is 0.662. The van der Waals surface area contributed by atoms with Crippen molar-refractivity contribution in [1.29, 1.82) is 0 Å². The largest absolute Gasteiger partial charge is 0.507 e. The van der Waals surface area contributed by atoms with E-state index in [-0.39, 0.29) is 17.4 Å². The molecule has 0 radical (unpaired) electrons. The number of nitrogens with zero attached hydrogens (tertiary/aromatic N) is 1. The molecule has 0 aliphatic carbocycles. The van der Waals surface area contributed by atoms with Crippen LogP contribution in [-0.2, 0) is 0 Å². The Labute approximate surface area is 116 Å². The lowest BCUT2D eigenvalue weighted by Crippen LogP contribution is -1.91. The van der Waals surface area contributed by atoms with Crippen molar-refractivity contribution in [2.45, 2.75) is 19.8 Å². The molecule has 0 amide bonds. The number of nitrogens with one attached hydrogen (secondary N) is 1. The standard InChI is InChI=1S/C16H16N2O2/c1-9(2)15-13(19)7-10(8-14(15)20)16-17-11-5-3-4-6-12(11)18-16/h3-9,19-20H,1-2H3,(H,17,18). The number of hydrogen-bond donors (Lipinski definition) is 3. The predicted molar refractivity (Wildman–Crippen MR) is 78.9 cm³/mol. The Bertz CT molecular complexity index is 719. The lowest BCUT2D eigenvalue weighted by atomic mass is 9.99. The molecule has 0 bridgehead atoms. The molecule has 3 rings (SSSR count). The van der Waals surface area contributed by atoms with Crippen molar-refractivity contribution in [3.8, 4) is 22.9 Å². The number of phenolic OH excluding ortho intramolecular Hbond substituents is 2. The van der Waals surface area contributed by atoms with Gasteiger partial charge in [-0.1, -0.05) is 26.0 Å². The molecule has 4 heteroatoms. The van der Waals surface area contributed by atoms with Gasteiger partial charge in [0, 0.05) is 11.1 Å². The van der Waals surface area contributed by atoms with Crippen LogP contribution in [0.15, 0.2) is 36.4 Å². The summed E-state index contributed by atoms with van der Waals surface area (Å²) in [5.74, 6) is 0.873. The monoisotopic (exact) mass is 268 g/mol. The summed E-state index contributed by atoms with van der Waals surface area (Å²) in [5.41, 5.74) is 3.01. The van der Waals surface area contributed by atoms with E-state index >= 15 is 0 Å². The molecule has 1 heterocycles. The molecule has 1 aromatic heterocycles. The highest BCUT2D eigenvalue weighted by Crippen LogP contribution is 2.37. The lowest BCUT2D eigenvalue weighted by Gasteiger charge is -2.11. The molecule has 0 fully saturated rings. The van der Waals surface area contributed by atoms with Gasteiger partial charge in [-0.3, -0.25) is 0 Å². The maximum atomic E-state index is 10.1. The van der Waals surface area contributed by atoms with Gasteiger partial charge >= 0.3 is 0 Å². The van der Waals surface area contributed by atoms with Crippen LogP contribution >= 0.6 is 0 Å². The number of aromatic nitrogens is 2. The second kappa shape index (κ2) is 4.56. The SMILES string of the molecule is CC(C)c1c(O)cc(-c2nc3ccccc3[nH]2)cc1O. The Balaban J connectivity index is 2.15. The van der Waals surface area contributed by atoms with Gasteiger partial charge in [0.2, 0.25) is 0 Å². The summed E-state index contributed by atoms with van der Waals surface area (Å²) in [4.78, 5) is 7.64. The zero-order valence-corrected chi connectivity index (χ0v) is 11.4. The van der Waals surface area contributed by atoms with Gasteiger partial charge in [0.05, 0.1) is 11.0 Å². The van der Waals surface area contributed by atoms with Crippen molar-refractivity contribution in [3.05, 3.63) is 42.0 Å². The number of H-pyrrole nitrogens is 1. The van der Waals surface area contributed by atoms with Crippen LogP contribution in [0.1, 0.15) is 25.3 Å². The Morgan fingerprint density at radius 1 is 1.05 bits per heavy atom. The van der Waals surface area contributed by atoms with Crippen molar-refractivity contribution < 1.29 is 10.2 Å². The third-order valence-corrected chi connectivity index (χ3v) is 3.38. The van der Waals surface area contributed by atoms with E-state index in [0.29, 0.717) is 17.0 Å². The molecule has 0 saturated heterocycles. The molecule has 102 valence electrons. The summed E-state index contributed by atoms with van der Waals surface area (Å²) >= 11 is 0. The highest BCUT2D eigenvalue weighted by atomic mass is 16.3. The molecular formula is C16H16N2O2. The third-order valence-electron chi connectivity index (χ3n) is 3.38. The van der Waals surface area contributed by atoms with Crippen LogP contribution in [0.3, 0.4) is 0 Å². The molecule has 3 aromatic rings. The average molecular weight is 268 g/mol. The van der Waals surface area contributed by atoms with E-state index in [1.807, 2.05) is 38.1 Å². The van der Waals surface area contributed by atoms with Crippen LogP contribution in [0.2, 0.25) is 0 Å².